The van der Waals surface area contributed by atoms with E-state index in [1.165, 1.54) is 0 Å². The minimum Gasteiger partial charge on any atom is -0.228 e. The van der Waals surface area contributed by atoms with Crippen LogP contribution in [0.5, 0.6) is 0 Å². The molecule has 0 saturated heterocycles. The van der Waals surface area contributed by atoms with Gasteiger partial charge in [-0.2, -0.15) is 5.26 Å². The van der Waals surface area contributed by atoms with Gasteiger partial charge in [0.25, 0.3) is 0 Å². The van der Waals surface area contributed by atoms with E-state index in [0.717, 1.165) is 66.7 Å². The third-order valence-corrected chi connectivity index (χ3v) is 9.43. The van der Waals surface area contributed by atoms with Gasteiger partial charge in [0.15, 0.2) is 23.3 Å². The average molecular weight is 691 g/mol. The molecular weight excluding hydrogens is 661 g/mol. The zero-order valence-electron chi connectivity index (χ0n) is 29.0. The molecule has 7 aromatic carbocycles. The van der Waals surface area contributed by atoms with Crippen LogP contribution in [0.3, 0.4) is 0 Å². The largest absolute Gasteiger partial charge is 0.228 e. The van der Waals surface area contributed by atoms with E-state index in [9.17, 15) is 5.26 Å². The van der Waals surface area contributed by atoms with Gasteiger partial charge in [-0.3, -0.25) is 0 Å². The summed E-state index contributed by atoms with van der Waals surface area (Å²) in [5.74, 6) is 2.24. The maximum absolute atomic E-state index is 10.1. The summed E-state index contributed by atoms with van der Waals surface area (Å²) in [6.45, 7) is 0. The monoisotopic (exact) mass is 690 g/mol. The Hall–Kier alpha value is -7.62. The van der Waals surface area contributed by atoms with Gasteiger partial charge in [0.1, 0.15) is 0 Å². The average Bonchev–Trinajstić information content (AvgIpc) is 3.26. The highest BCUT2D eigenvalue weighted by molar-refractivity contribution is 5.96. The van der Waals surface area contributed by atoms with Crippen molar-refractivity contribution < 1.29 is 0 Å². The zero-order chi connectivity index (χ0) is 36.3. The van der Waals surface area contributed by atoms with Crippen LogP contribution >= 0.6 is 0 Å². The number of aromatic nitrogens is 5. The van der Waals surface area contributed by atoms with Gasteiger partial charge in [-0.1, -0.05) is 164 Å². The first kappa shape index (κ1) is 32.3. The summed E-state index contributed by atoms with van der Waals surface area (Å²) in [6.07, 6.45) is 0. The van der Waals surface area contributed by atoms with Crippen molar-refractivity contribution in [3.63, 3.8) is 0 Å². The van der Waals surface area contributed by atoms with Crippen molar-refractivity contribution in [3.8, 4) is 85.1 Å². The molecular formula is C48H30N6. The standard InChI is InChI=1S/C48H30N6/c49-31-36-22-10-11-23-37(36)35-28-29-39(42(30-35)48-53-45(33-18-6-2-7-19-33)52-46(54-48)34-20-8-3-9-21-34)38-24-12-13-25-40(38)47-50-43-27-15-14-26-41(43)44(51-47)32-16-4-1-5-17-32/h1-30H. The number of para-hydroxylation sites is 1. The van der Waals surface area contributed by atoms with Crippen molar-refractivity contribution in [2.24, 2.45) is 0 Å². The predicted octanol–water partition coefficient (Wildman–Crippen LogP) is 11.4. The summed E-state index contributed by atoms with van der Waals surface area (Å²) in [4.78, 5) is 25.6. The van der Waals surface area contributed by atoms with E-state index in [1.54, 1.807) is 0 Å². The summed E-state index contributed by atoms with van der Waals surface area (Å²) in [5.41, 5.74) is 10.3. The molecule has 0 atom stereocenters. The van der Waals surface area contributed by atoms with E-state index in [1.807, 2.05) is 133 Å². The Kier molecular flexibility index (Phi) is 8.48. The number of rotatable bonds is 7. The Morgan fingerprint density at radius 1 is 0.333 bits per heavy atom. The van der Waals surface area contributed by atoms with Gasteiger partial charge in [0.05, 0.1) is 22.8 Å². The van der Waals surface area contributed by atoms with Crippen LogP contribution in [0.4, 0.5) is 0 Å². The van der Waals surface area contributed by atoms with E-state index in [4.69, 9.17) is 24.9 Å². The number of hydrogen-bond donors (Lipinski definition) is 0. The zero-order valence-corrected chi connectivity index (χ0v) is 29.0. The van der Waals surface area contributed by atoms with Crippen LogP contribution in [-0.4, -0.2) is 24.9 Å². The summed E-state index contributed by atoms with van der Waals surface area (Å²) in [7, 11) is 0. The Balaban J connectivity index is 1.31. The second-order valence-electron chi connectivity index (χ2n) is 12.8. The second kappa shape index (κ2) is 14.2. The molecule has 2 aromatic heterocycles. The second-order valence-corrected chi connectivity index (χ2v) is 12.8. The molecule has 0 radical (unpaired) electrons. The highest BCUT2D eigenvalue weighted by atomic mass is 15.0. The predicted molar refractivity (Wildman–Crippen MR) is 216 cm³/mol. The summed E-state index contributed by atoms with van der Waals surface area (Å²) >= 11 is 0. The first-order valence-corrected chi connectivity index (χ1v) is 17.7. The first-order chi connectivity index (χ1) is 26.7. The Labute approximate surface area is 312 Å². The molecule has 2 heterocycles. The van der Waals surface area contributed by atoms with Gasteiger partial charge in [-0.05, 0) is 40.5 Å². The molecule has 0 amide bonds. The molecule has 0 aliphatic heterocycles. The van der Waals surface area contributed by atoms with Gasteiger partial charge < -0.3 is 0 Å². The molecule has 0 aliphatic rings. The van der Waals surface area contributed by atoms with Crippen LogP contribution < -0.4 is 0 Å². The lowest BCUT2D eigenvalue weighted by Gasteiger charge is -2.17. The Morgan fingerprint density at radius 3 is 1.50 bits per heavy atom. The van der Waals surface area contributed by atoms with Gasteiger partial charge in [-0.25, -0.2) is 24.9 Å². The first-order valence-electron chi connectivity index (χ1n) is 17.7. The fourth-order valence-corrected chi connectivity index (χ4v) is 6.82. The van der Waals surface area contributed by atoms with Crippen LogP contribution in [-0.2, 0) is 0 Å². The van der Waals surface area contributed by atoms with Crippen LogP contribution in [0.2, 0.25) is 0 Å². The molecule has 0 unspecified atom stereocenters. The fraction of sp³-hybridized carbons (Fsp3) is 0. The lowest BCUT2D eigenvalue weighted by molar-refractivity contribution is 1.07. The normalized spacial score (nSPS) is 10.9. The van der Waals surface area contributed by atoms with E-state index in [0.29, 0.717) is 28.9 Å². The SMILES string of the molecule is N#Cc1ccccc1-c1ccc(-c2ccccc2-c2nc(-c3ccccc3)c3ccccc3n2)c(-c2nc(-c3ccccc3)nc(-c3ccccc3)n2)c1. The van der Waals surface area contributed by atoms with Crippen molar-refractivity contribution in [1.82, 2.24) is 24.9 Å². The minimum atomic E-state index is 0.508. The van der Waals surface area contributed by atoms with Crippen molar-refractivity contribution in [2.75, 3.05) is 0 Å². The molecule has 0 bridgehead atoms. The van der Waals surface area contributed by atoms with Crippen LogP contribution in [0, 0.1) is 11.3 Å². The van der Waals surface area contributed by atoms with E-state index < -0.39 is 0 Å². The molecule has 54 heavy (non-hydrogen) atoms. The van der Waals surface area contributed by atoms with E-state index in [2.05, 4.69) is 54.6 Å². The van der Waals surface area contributed by atoms with Gasteiger partial charge in [0, 0.05) is 33.2 Å². The number of fused-ring (bicyclic) bond motifs is 1. The van der Waals surface area contributed by atoms with E-state index >= 15 is 0 Å². The van der Waals surface area contributed by atoms with Gasteiger partial charge in [0.2, 0.25) is 0 Å². The lowest BCUT2D eigenvalue weighted by Crippen LogP contribution is -2.02. The molecule has 6 nitrogen and oxygen atoms in total. The molecule has 9 aromatic rings. The van der Waals surface area contributed by atoms with Gasteiger partial charge in [-0.15, -0.1) is 0 Å². The van der Waals surface area contributed by atoms with Crippen LogP contribution in [0.1, 0.15) is 5.56 Å². The molecule has 9 rings (SSSR count). The molecule has 0 fully saturated rings. The number of nitriles is 1. The highest BCUT2D eigenvalue weighted by Crippen LogP contribution is 2.41. The summed E-state index contributed by atoms with van der Waals surface area (Å²) in [6, 6.07) is 62.7. The van der Waals surface area contributed by atoms with Gasteiger partial charge >= 0.3 is 0 Å². The van der Waals surface area contributed by atoms with E-state index in [-0.39, 0.29) is 0 Å². The quantitative estimate of drug-likeness (QED) is 0.165. The Bertz CT molecular complexity index is 2770. The molecule has 6 heteroatoms. The highest BCUT2D eigenvalue weighted by Gasteiger charge is 2.21. The third kappa shape index (κ3) is 6.17. The van der Waals surface area contributed by atoms with Crippen molar-refractivity contribution in [1.29, 1.82) is 5.26 Å². The minimum absolute atomic E-state index is 0.508. The Morgan fingerprint density at radius 2 is 0.833 bits per heavy atom. The van der Waals surface area contributed by atoms with Crippen LogP contribution in [0.15, 0.2) is 182 Å². The number of benzene rings is 7. The summed E-state index contributed by atoms with van der Waals surface area (Å²) in [5, 5.41) is 11.1. The van der Waals surface area contributed by atoms with Crippen LogP contribution in [0.25, 0.3) is 90.0 Å². The topological polar surface area (TPSA) is 88.2 Å². The third-order valence-electron chi connectivity index (χ3n) is 9.43. The lowest BCUT2D eigenvalue weighted by atomic mass is 9.90. The van der Waals surface area contributed by atoms with Crippen molar-refractivity contribution in [2.45, 2.75) is 0 Å². The molecule has 252 valence electrons. The summed E-state index contributed by atoms with van der Waals surface area (Å²) < 4.78 is 0. The molecule has 0 spiro atoms. The van der Waals surface area contributed by atoms with Crippen molar-refractivity contribution in [3.05, 3.63) is 188 Å². The molecule has 0 N–H and O–H groups in total. The maximum Gasteiger partial charge on any atom is 0.164 e. The number of hydrogen-bond acceptors (Lipinski definition) is 6. The number of nitrogens with zero attached hydrogens (tertiary/aromatic N) is 6. The molecule has 0 saturated carbocycles. The molecule has 0 aliphatic carbocycles. The smallest absolute Gasteiger partial charge is 0.164 e. The van der Waals surface area contributed by atoms with Crippen molar-refractivity contribution >= 4 is 10.9 Å². The fourth-order valence-electron chi connectivity index (χ4n) is 6.82. The maximum atomic E-state index is 10.1.